The van der Waals surface area contributed by atoms with Gasteiger partial charge in [-0.25, -0.2) is 4.79 Å². The molecule has 0 aliphatic carbocycles. The zero-order valence-corrected chi connectivity index (χ0v) is 13.5. The smallest absolute Gasteiger partial charge is 0.409 e. The molecule has 0 spiro atoms. The van der Waals surface area contributed by atoms with Crippen molar-refractivity contribution in [2.45, 2.75) is 33.1 Å². The van der Waals surface area contributed by atoms with Crippen LogP contribution in [0.15, 0.2) is 4.79 Å². The number of anilines is 1. The number of ether oxygens (including phenoxy) is 1. The standard InChI is InChI=1S/C14H23N5O3/c1-5-22-13(21)19-8-6-18(7-9-19)12-15-11(20)10(16-17-12)14(2,3)4/h5-9H2,1-4H3,(H,15,17,20). The zero-order valence-electron chi connectivity index (χ0n) is 13.5. The van der Waals surface area contributed by atoms with Crippen LogP contribution in [0.2, 0.25) is 0 Å². The number of aromatic nitrogens is 3. The van der Waals surface area contributed by atoms with Crippen LogP contribution in [0.25, 0.3) is 0 Å². The van der Waals surface area contributed by atoms with Gasteiger partial charge in [0.1, 0.15) is 5.69 Å². The van der Waals surface area contributed by atoms with E-state index in [-0.39, 0.29) is 17.1 Å². The van der Waals surface area contributed by atoms with Gasteiger partial charge >= 0.3 is 6.09 Å². The number of H-pyrrole nitrogens is 1. The first-order valence-corrected chi connectivity index (χ1v) is 7.47. The number of hydrogen-bond acceptors (Lipinski definition) is 6. The molecule has 0 aromatic carbocycles. The van der Waals surface area contributed by atoms with Crippen LogP contribution < -0.4 is 10.5 Å². The number of carbonyl (C=O) groups is 1. The first-order chi connectivity index (χ1) is 10.3. The number of hydrogen-bond donors (Lipinski definition) is 1. The Balaban J connectivity index is 2.05. The van der Waals surface area contributed by atoms with Gasteiger partial charge in [-0.3, -0.25) is 9.78 Å². The molecular weight excluding hydrogens is 286 g/mol. The van der Waals surface area contributed by atoms with Gasteiger partial charge in [-0.05, 0) is 6.92 Å². The fourth-order valence-corrected chi connectivity index (χ4v) is 2.28. The largest absolute Gasteiger partial charge is 0.450 e. The number of rotatable bonds is 2. The van der Waals surface area contributed by atoms with Crippen LogP contribution in [-0.4, -0.2) is 59.0 Å². The van der Waals surface area contributed by atoms with Crippen molar-refractivity contribution in [1.29, 1.82) is 0 Å². The predicted molar refractivity (Wildman–Crippen MR) is 82.2 cm³/mol. The van der Waals surface area contributed by atoms with Crippen LogP contribution in [0.5, 0.6) is 0 Å². The average molecular weight is 309 g/mol. The molecule has 0 atom stereocenters. The summed E-state index contributed by atoms with van der Waals surface area (Å²) in [5, 5.41) is 8.19. The monoisotopic (exact) mass is 309 g/mol. The molecule has 0 bridgehead atoms. The third kappa shape index (κ3) is 3.55. The SMILES string of the molecule is CCOC(=O)N1CCN(c2nnc(C(C)(C)C)c(=O)[nH]2)CC1. The Hall–Kier alpha value is -2.12. The molecule has 2 heterocycles. The predicted octanol–water partition coefficient (Wildman–Crippen LogP) is 0.741. The van der Waals surface area contributed by atoms with E-state index in [9.17, 15) is 9.59 Å². The summed E-state index contributed by atoms with van der Waals surface area (Å²) in [6, 6.07) is 0. The molecule has 0 unspecified atom stereocenters. The van der Waals surface area contributed by atoms with Crippen molar-refractivity contribution in [2.75, 3.05) is 37.7 Å². The van der Waals surface area contributed by atoms with Gasteiger partial charge in [0, 0.05) is 31.6 Å². The van der Waals surface area contributed by atoms with E-state index in [2.05, 4.69) is 15.2 Å². The molecule has 1 aromatic rings. The highest BCUT2D eigenvalue weighted by molar-refractivity contribution is 5.68. The van der Waals surface area contributed by atoms with E-state index >= 15 is 0 Å². The molecule has 0 saturated carbocycles. The fraction of sp³-hybridized carbons (Fsp3) is 0.714. The van der Waals surface area contributed by atoms with Crippen LogP contribution in [-0.2, 0) is 10.2 Å². The van der Waals surface area contributed by atoms with Crippen molar-refractivity contribution < 1.29 is 9.53 Å². The van der Waals surface area contributed by atoms with E-state index in [0.717, 1.165) is 0 Å². The first kappa shape index (κ1) is 16.3. The minimum atomic E-state index is -0.346. The number of amides is 1. The van der Waals surface area contributed by atoms with E-state index in [1.165, 1.54) is 0 Å². The second-order valence-corrected chi connectivity index (χ2v) is 6.25. The molecule has 1 amide bonds. The molecule has 2 rings (SSSR count). The van der Waals surface area contributed by atoms with E-state index in [4.69, 9.17) is 4.74 Å². The Labute approximate surface area is 129 Å². The molecule has 1 saturated heterocycles. The van der Waals surface area contributed by atoms with E-state index in [1.807, 2.05) is 25.7 Å². The molecule has 1 fully saturated rings. The van der Waals surface area contributed by atoms with Gasteiger partial charge in [-0.15, -0.1) is 10.2 Å². The molecular formula is C14H23N5O3. The van der Waals surface area contributed by atoms with Crippen molar-refractivity contribution in [3.05, 3.63) is 16.0 Å². The van der Waals surface area contributed by atoms with E-state index < -0.39 is 0 Å². The Morgan fingerprint density at radius 1 is 1.23 bits per heavy atom. The maximum absolute atomic E-state index is 12.1. The summed E-state index contributed by atoms with van der Waals surface area (Å²) in [6.07, 6.45) is -0.301. The second-order valence-electron chi connectivity index (χ2n) is 6.25. The molecule has 22 heavy (non-hydrogen) atoms. The van der Waals surface area contributed by atoms with Crippen LogP contribution in [0.3, 0.4) is 0 Å². The lowest BCUT2D eigenvalue weighted by Crippen LogP contribution is -2.50. The summed E-state index contributed by atoms with van der Waals surface area (Å²) in [5.41, 5.74) is -0.145. The lowest BCUT2D eigenvalue weighted by atomic mass is 9.93. The van der Waals surface area contributed by atoms with Gasteiger partial charge in [-0.2, -0.15) is 0 Å². The highest BCUT2D eigenvalue weighted by atomic mass is 16.6. The number of nitrogens with one attached hydrogen (secondary N) is 1. The molecule has 8 nitrogen and oxygen atoms in total. The number of carbonyl (C=O) groups excluding carboxylic acids is 1. The van der Waals surface area contributed by atoms with Gasteiger partial charge in [0.15, 0.2) is 0 Å². The van der Waals surface area contributed by atoms with Crippen molar-refractivity contribution in [2.24, 2.45) is 0 Å². The molecule has 1 aliphatic rings. The number of aromatic amines is 1. The zero-order chi connectivity index (χ0) is 16.3. The molecule has 1 aliphatic heterocycles. The lowest BCUT2D eigenvalue weighted by Gasteiger charge is -2.34. The van der Waals surface area contributed by atoms with Gasteiger partial charge < -0.3 is 14.5 Å². The Kier molecular flexibility index (Phi) is 4.68. The normalized spacial score (nSPS) is 15.8. The minimum Gasteiger partial charge on any atom is -0.450 e. The van der Waals surface area contributed by atoms with Gasteiger partial charge in [0.25, 0.3) is 5.56 Å². The summed E-state index contributed by atoms with van der Waals surface area (Å²) < 4.78 is 4.98. The third-order valence-corrected chi connectivity index (χ3v) is 3.50. The van der Waals surface area contributed by atoms with Crippen LogP contribution in [0.4, 0.5) is 10.7 Å². The van der Waals surface area contributed by atoms with Crippen LogP contribution in [0.1, 0.15) is 33.4 Å². The summed E-state index contributed by atoms with van der Waals surface area (Å²) in [4.78, 5) is 30.1. The van der Waals surface area contributed by atoms with Crippen molar-refractivity contribution >= 4 is 12.0 Å². The molecule has 8 heteroatoms. The number of piperazine rings is 1. The maximum atomic E-state index is 12.1. The minimum absolute atomic E-state index is 0.217. The van der Waals surface area contributed by atoms with Crippen LogP contribution >= 0.6 is 0 Å². The topological polar surface area (TPSA) is 91.4 Å². The van der Waals surface area contributed by atoms with E-state index in [0.29, 0.717) is 44.4 Å². The van der Waals surface area contributed by atoms with Crippen molar-refractivity contribution in [3.8, 4) is 0 Å². The lowest BCUT2D eigenvalue weighted by molar-refractivity contribution is 0.105. The fourth-order valence-electron chi connectivity index (χ4n) is 2.28. The third-order valence-electron chi connectivity index (χ3n) is 3.50. The molecule has 122 valence electrons. The highest BCUT2D eigenvalue weighted by Crippen LogP contribution is 2.16. The second kappa shape index (κ2) is 6.33. The first-order valence-electron chi connectivity index (χ1n) is 7.47. The van der Waals surface area contributed by atoms with Gasteiger partial charge in [0.2, 0.25) is 5.95 Å². The summed E-state index contributed by atoms with van der Waals surface area (Å²) >= 11 is 0. The molecule has 0 radical (unpaired) electrons. The highest BCUT2D eigenvalue weighted by Gasteiger charge is 2.25. The summed E-state index contributed by atoms with van der Waals surface area (Å²) in [6.45, 7) is 10.1. The van der Waals surface area contributed by atoms with Crippen molar-refractivity contribution in [3.63, 3.8) is 0 Å². The van der Waals surface area contributed by atoms with Crippen molar-refractivity contribution in [1.82, 2.24) is 20.1 Å². The molecule has 1 aromatic heterocycles. The quantitative estimate of drug-likeness (QED) is 0.866. The van der Waals surface area contributed by atoms with Gasteiger partial charge in [0.05, 0.1) is 6.61 Å². The van der Waals surface area contributed by atoms with E-state index in [1.54, 1.807) is 11.8 Å². The molecule has 1 N–H and O–H groups in total. The Morgan fingerprint density at radius 3 is 2.36 bits per heavy atom. The summed E-state index contributed by atoms with van der Waals surface area (Å²) in [5.74, 6) is 0.446. The Morgan fingerprint density at radius 2 is 1.86 bits per heavy atom. The maximum Gasteiger partial charge on any atom is 0.409 e. The average Bonchev–Trinajstić information content (AvgIpc) is 2.46. The Bertz CT molecular complexity index is 585. The number of nitrogens with zero attached hydrogens (tertiary/aromatic N) is 4. The van der Waals surface area contributed by atoms with Gasteiger partial charge in [-0.1, -0.05) is 20.8 Å². The summed E-state index contributed by atoms with van der Waals surface area (Å²) in [7, 11) is 0. The van der Waals surface area contributed by atoms with Crippen LogP contribution in [0, 0.1) is 0 Å².